The van der Waals surface area contributed by atoms with E-state index in [-0.39, 0.29) is 5.41 Å². The van der Waals surface area contributed by atoms with E-state index in [2.05, 4.69) is 36.3 Å². The van der Waals surface area contributed by atoms with E-state index in [1.165, 1.54) is 35.2 Å². The summed E-state index contributed by atoms with van der Waals surface area (Å²) in [5.41, 5.74) is 4.78. The molecule has 1 aromatic heterocycles. The molecule has 0 saturated heterocycles. The SMILES string of the molecule is C[C@@H](COc1ccnc2c1[C@H](C)CCC2)CC1Cc2cc(Cl)ccc2C12CCC(Nc1cccc(Cl)c1)(C(=O)O)CC2. The van der Waals surface area contributed by atoms with Crippen LogP contribution in [0.25, 0.3) is 0 Å². The maximum Gasteiger partial charge on any atom is 0.329 e. The first-order valence-electron chi connectivity index (χ1n) is 15.4. The number of hydrogen-bond donors (Lipinski definition) is 2. The summed E-state index contributed by atoms with van der Waals surface area (Å²) in [6.45, 7) is 5.22. The van der Waals surface area contributed by atoms with E-state index in [4.69, 9.17) is 27.9 Å². The van der Waals surface area contributed by atoms with Gasteiger partial charge in [-0.15, -0.1) is 0 Å². The number of benzene rings is 2. The van der Waals surface area contributed by atoms with Crippen LogP contribution < -0.4 is 10.1 Å². The Morgan fingerprint density at radius 1 is 1.12 bits per heavy atom. The van der Waals surface area contributed by atoms with Gasteiger partial charge < -0.3 is 15.2 Å². The Labute approximate surface area is 259 Å². The minimum absolute atomic E-state index is 0.0759. The third-order valence-electron chi connectivity index (χ3n) is 10.3. The first-order valence-corrected chi connectivity index (χ1v) is 16.1. The largest absolute Gasteiger partial charge is 0.493 e. The van der Waals surface area contributed by atoms with Crippen LogP contribution in [0.4, 0.5) is 5.69 Å². The van der Waals surface area contributed by atoms with Crippen molar-refractivity contribution < 1.29 is 14.6 Å². The van der Waals surface area contributed by atoms with Crippen molar-refractivity contribution in [2.24, 2.45) is 11.8 Å². The van der Waals surface area contributed by atoms with Crippen LogP contribution in [0.1, 0.15) is 87.1 Å². The Morgan fingerprint density at radius 3 is 2.67 bits per heavy atom. The lowest BCUT2D eigenvalue weighted by Crippen LogP contribution is -2.53. The Morgan fingerprint density at radius 2 is 1.90 bits per heavy atom. The van der Waals surface area contributed by atoms with Gasteiger partial charge in [-0.05, 0) is 128 Å². The number of carbonyl (C=O) groups is 1. The van der Waals surface area contributed by atoms with Crippen molar-refractivity contribution in [2.45, 2.75) is 88.5 Å². The van der Waals surface area contributed by atoms with Gasteiger partial charge in [-0.3, -0.25) is 4.98 Å². The lowest BCUT2D eigenvalue weighted by atomic mass is 9.59. The molecule has 0 bridgehead atoms. The van der Waals surface area contributed by atoms with Crippen molar-refractivity contribution in [2.75, 3.05) is 11.9 Å². The molecule has 3 aromatic rings. The molecule has 1 saturated carbocycles. The summed E-state index contributed by atoms with van der Waals surface area (Å²) in [6.07, 6.45) is 9.94. The highest BCUT2D eigenvalue weighted by molar-refractivity contribution is 6.31. The number of hydrogen-bond acceptors (Lipinski definition) is 4. The molecule has 3 aliphatic carbocycles. The molecule has 0 amide bonds. The summed E-state index contributed by atoms with van der Waals surface area (Å²) >= 11 is 12.7. The van der Waals surface area contributed by atoms with Gasteiger partial charge in [0.2, 0.25) is 0 Å². The van der Waals surface area contributed by atoms with Crippen LogP contribution >= 0.6 is 23.2 Å². The third-order valence-corrected chi connectivity index (χ3v) is 10.7. The van der Waals surface area contributed by atoms with Crippen LogP contribution in [-0.4, -0.2) is 28.2 Å². The second-order valence-corrected chi connectivity index (χ2v) is 13.9. The summed E-state index contributed by atoms with van der Waals surface area (Å²) in [6, 6.07) is 15.7. The van der Waals surface area contributed by atoms with Crippen LogP contribution in [0, 0.1) is 11.8 Å². The quantitative estimate of drug-likeness (QED) is 0.268. The van der Waals surface area contributed by atoms with Crippen LogP contribution in [-0.2, 0) is 23.1 Å². The van der Waals surface area contributed by atoms with Crippen LogP contribution in [0.3, 0.4) is 0 Å². The molecule has 1 unspecified atom stereocenters. The number of fused-ring (bicyclic) bond motifs is 3. The molecule has 1 fully saturated rings. The second-order valence-electron chi connectivity index (χ2n) is 13.0. The molecule has 2 aromatic carbocycles. The van der Waals surface area contributed by atoms with Crippen LogP contribution in [0.5, 0.6) is 5.75 Å². The lowest BCUT2D eigenvalue weighted by Gasteiger charge is -2.47. The highest BCUT2D eigenvalue weighted by atomic mass is 35.5. The van der Waals surface area contributed by atoms with Crippen molar-refractivity contribution in [1.82, 2.24) is 4.98 Å². The molecular formula is C35H40Cl2N2O3. The van der Waals surface area contributed by atoms with Gasteiger partial charge >= 0.3 is 5.97 Å². The predicted octanol–water partition coefficient (Wildman–Crippen LogP) is 8.85. The highest BCUT2D eigenvalue weighted by Crippen LogP contribution is 2.56. The fraction of sp³-hybridized carbons (Fsp3) is 0.486. The van der Waals surface area contributed by atoms with Gasteiger partial charge in [0.1, 0.15) is 11.3 Å². The van der Waals surface area contributed by atoms with Gasteiger partial charge in [-0.25, -0.2) is 4.79 Å². The second kappa shape index (κ2) is 11.7. The Hall–Kier alpha value is -2.76. The van der Waals surface area contributed by atoms with Crippen LogP contribution in [0.15, 0.2) is 54.7 Å². The molecule has 3 aliphatic rings. The zero-order chi connectivity index (χ0) is 29.5. The molecular weight excluding hydrogens is 567 g/mol. The smallest absolute Gasteiger partial charge is 0.329 e. The van der Waals surface area contributed by atoms with Gasteiger partial charge in [0.15, 0.2) is 0 Å². The van der Waals surface area contributed by atoms with Gasteiger partial charge in [0.05, 0.1) is 6.61 Å². The summed E-state index contributed by atoms with van der Waals surface area (Å²) in [5, 5.41) is 15.2. The average Bonchev–Trinajstić information content (AvgIpc) is 3.24. The molecule has 1 spiro atoms. The molecule has 7 heteroatoms. The normalized spacial score (nSPS) is 27.2. The molecule has 6 rings (SSSR count). The van der Waals surface area contributed by atoms with Crippen molar-refractivity contribution in [3.8, 4) is 5.75 Å². The fourth-order valence-electron chi connectivity index (χ4n) is 8.10. The number of nitrogens with zero attached hydrogens (tertiary/aromatic N) is 1. The summed E-state index contributed by atoms with van der Waals surface area (Å²) in [4.78, 5) is 17.4. The van der Waals surface area contributed by atoms with E-state index in [0.29, 0.717) is 42.2 Å². The number of nitrogens with one attached hydrogen (secondary N) is 1. The number of anilines is 1. The maximum absolute atomic E-state index is 12.7. The van der Waals surface area contributed by atoms with Crippen LogP contribution in [0.2, 0.25) is 10.0 Å². The molecule has 42 heavy (non-hydrogen) atoms. The number of aromatic nitrogens is 1. The van der Waals surface area contributed by atoms with E-state index < -0.39 is 11.5 Å². The topological polar surface area (TPSA) is 71.5 Å². The average molecular weight is 608 g/mol. The highest BCUT2D eigenvalue weighted by Gasteiger charge is 2.54. The number of aliphatic carboxylic acids is 1. The maximum atomic E-state index is 12.7. The number of carboxylic acid groups (broad SMARTS) is 1. The number of ether oxygens (including phenoxy) is 1. The van der Waals surface area contributed by atoms with E-state index in [0.717, 1.165) is 48.6 Å². The summed E-state index contributed by atoms with van der Waals surface area (Å²) < 4.78 is 6.50. The van der Waals surface area contributed by atoms with Crippen molar-refractivity contribution in [3.05, 3.63) is 87.2 Å². The van der Waals surface area contributed by atoms with Crippen molar-refractivity contribution >= 4 is 34.9 Å². The van der Waals surface area contributed by atoms with E-state index in [9.17, 15) is 9.90 Å². The fourth-order valence-corrected chi connectivity index (χ4v) is 8.48. The standard InChI is InChI=1S/C35H40Cl2N2O3/c1-22(21-42-31-11-16-38-30-8-3-5-23(2)32(30)31)17-25-18-24-19-27(37)9-10-29(24)34(25)12-14-35(15-13-34,33(40)41)39-28-7-4-6-26(36)20-28/h4,6-7,9-11,16,19-20,22-23,25,39H,3,5,8,12-15,17-18,21H2,1-2H3,(H,40,41)/t22-,23-,25?,34?,35?/m1/s1. The Balaban J connectivity index is 1.21. The zero-order valence-electron chi connectivity index (χ0n) is 24.5. The minimum atomic E-state index is -1.03. The monoisotopic (exact) mass is 606 g/mol. The van der Waals surface area contributed by atoms with Crippen molar-refractivity contribution in [3.63, 3.8) is 0 Å². The van der Waals surface area contributed by atoms with E-state index >= 15 is 0 Å². The Bertz CT molecular complexity index is 1470. The van der Waals surface area contributed by atoms with Gasteiger partial charge in [0.25, 0.3) is 0 Å². The van der Waals surface area contributed by atoms with E-state index in [1.807, 2.05) is 30.5 Å². The summed E-state index contributed by atoms with van der Waals surface area (Å²) in [5.74, 6) is 1.40. The van der Waals surface area contributed by atoms with E-state index in [1.54, 1.807) is 12.1 Å². The number of aryl methyl sites for hydroxylation is 1. The Kier molecular flexibility index (Phi) is 8.19. The number of carboxylic acids is 1. The lowest BCUT2D eigenvalue weighted by molar-refractivity contribution is -0.144. The molecule has 0 radical (unpaired) electrons. The van der Waals surface area contributed by atoms with Gasteiger partial charge in [0, 0.05) is 33.2 Å². The zero-order valence-corrected chi connectivity index (χ0v) is 26.0. The van der Waals surface area contributed by atoms with Crippen molar-refractivity contribution in [1.29, 1.82) is 0 Å². The predicted molar refractivity (Wildman–Crippen MR) is 169 cm³/mol. The molecule has 3 atom stereocenters. The minimum Gasteiger partial charge on any atom is -0.493 e. The number of halogens is 2. The first-order chi connectivity index (χ1) is 20.2. The van der Waals surface area contributed by atoms with Gasteiger partial charge in [-0.2, -0.15) is 0 Å². The third kappa shape index (κ3) is 5.51. The first kappa shape index (κ1) is 29.3. The molecule has 222 valence electrons. The number of pyridine rings is 1. The van der Waals surface area contributed by atoms with Gasteiger partial charge in [-0.1, -0.05) is 49.2 Å². The molecule has 1 heterocycles. The molecule has 2 N–H and O–H groups in total. The molecule has 5 nitrogen and oxygen atoms in total. The number of rotatable bonds is 8. The molecule has 0 aliphatic heterocycles. The summed E-state index contributed by atoms with van der Waals surface area (Å²) in [7, 11) is 0.